The molecule has 0 N–H and O–H groups in total. The highest BCUT2D eigenvalue weighted by Gasteiger charge is 1.93. The van der Waals surface area contributed by atoms with Crippen LogP contribution in [-0.4, -0.2) is 12.8 Å². The fourth-order valence-corrected chi connectivity index (χ4v) is 1.05. The summed E-state index contributed by atoms with van der Waals surface area (Å²) in [6.07, 6.45) is 1.48. The Morgan fingerprint density at radius 1 is 1.54 bits per heavy atom. The molecule has 0 amide bonds. The molecule has 0 saturated heterocycles. The summed E-state index contributed by atoms with van der Waals surface area (Å²) in [5.74, 6) is 0. The van der Waals surface area contributed by atoms with Gasteiger partial charge < -0.3 is 0 Å². The van der Waals surface area contributed by atoms with E-state index in [-0.39, 0.29) is 0 Å². The summed E-state index contributed by atoms with van der Waals surface area (Å²) in [6.45, 7) is 0.429. The molecule has 4 heteroatoms. The van der Waals surface area contributed by atoms with Gasteiger partial charge in [-0.1, -0.05) is 23.3 Å². The molecular formula is C9H9N3O. The Labute approximate surface area is 75.8 Å². The van der Waals surface area contributed by atoms with Gasteiger partial charge in [0.1, 0.15) is 6.29 Å². The predicted molar refractivity (Wildman–Crippen MR) is 49.5 cm³/mol. The average molecular weight is 175 g/mol. The van der Waals surface area contributed by atoms with Gasteiger partial charge >= 0.3 is 0 Å². The summed E-state index contributed by atoms with van der Waals surface area (Å²) in [6, 6.07) is 7.25. The predicted octanol–water partition coefficient (Wildman–Crippen LogP) is 2.35. The third-order valence-electron chi connectivity index (χ3n) is 1.65. The third-order valence-corrected chi connectivity index (χ3v) is 1.65. The normalized spacial score (nSPS) is 8.92. The summed E-state index contributed by atoms with van der Waals surface area (Å²) >= 11 is 0. The summed E-state index contributed by atoms with van der Waals surface area (Å²) in [5, 5.41) is 3.41. The van der Waals surface area contributed by atoms with Gasteiger partial charge in [0, 0.05) is 17.0 Å². The summed E-state index contributed by atoms with van der Waals surface area (Å²) in [7, 11) is 0. The van der Waals surface area contributed by atoms with Gasteiger partial charge in [-0.25, -0.2) is 0 Å². The summed E-state index contributed by atoms with van der Waals surface area (Å²) < 4.78 is 0. The molecule has 0 aliphatic heterocycles. The molecule has 0 aliphatic rings. The van der Waals surface area contributed by atoms with Gasteiger partial charge in [-0.05, 0) is 23.6 Å². The van der Waals surface area contributed by atoms with Crippen LogP contribution in [0.4, 0.5) is 0 Å². The maximum atomic E-state index is 10.4. The minimum Gasteiger partial charge on any atom is -0.298 e. The van der Waals surface area contributed by atoms with Crippen LogP contribution in [0.15, 0.2) is 29.4 Å². The van der Waals surface area contributed by atoms with Crippen LogP contribution in [0.25, 0.3) is 10.4 Å². The second kappa shape index (κ2) is 4.95. The number of carbonyl (C=O) groups is 1. The standard InChI is InChI=1S/C9H9N3O/c10-12-11-5-4-8-2-1-3-9(6-8)7-13/h1-3,6-7H,4-5H2. The zero-order valence-electron chi connectivity index (χ0n) is 7.05. The van der Waals surface area contributed by atoms with Gasteiger partial charge in [-0.15, -0.1) is 0 Å². The van der Waals surface area contributed by atoms with E-state index in [0.29, 0.717) is 18.5 Å². The van der Waals surface area contributed by atoms with E-state index < -0.39 is 0 Å². The van der Waals surface area contributed by atoms with E-state index in [4.69, 9.17) is 5.53 Å². The van der Waals surface area contributed by atoms with Crippen LogP contribution >= 0.6 is 0 Å². The van der Waals surface area contributed by atoms with Crippen LogP contribution in [0.1, 0.15) is 15.9 Å². The molecule has 0 heterocycles. The zero-order valence-corrected chi connectivity index (χ0v) is 7.05. The van der Waals surface area contributed by atoms with E-state index in [0.717, 1.165) is 11.8 Å². The molecule has 1 aromatic rings. The van der Waals surface area contributed by atoms with Gasteiger partial charge in [-0.2, -0.15) is 0 Å². The molecule has 0 fully saturated rings. The first kappa shape index (κ1) is 9.29. The van der Waals surface area contributed by atoms with Crippen molar-refractivity contribution in [3.63, 3.8) is 0 Å². The number of azide groups is 1. The number of benzene rings is 1. The van der Waals surface area contributed by atoms with Crippen molar-refractivity contribution in [1.82, 2.24) is 0 Å². The Kier molecular flexibility index (Phi) is 3.54. The van der Waals surface area contributed by atoms with Crippen LogP contribution < -0.4 is 0 Å². The van der Waals surface area contributed by atoms with Gasteiger partial charge in [0.25, 0.3) is 0 Å². The van der Waals surface area contributed by atoms with E-state index in [2.05, 4.69) is 10.0 Å². The first-order valence-corrected chi connectivity index (χ1v) is 3.92. The minimum atomic E-state index is 0.429. The van der Waals surface area contributed by atoms with Crippen molar-refractivity contribution in [2.75, 3.05) is 6.54 Å². The number of rotatable bonds is 4. The lowest BCUT2D eigenvalue weighted by atomic mass is 10.1. The van der Waals surface area contributed by atoms with Crippen molar-refractivity contribution in [2.45, 2.75) is 6.42 Å². The fourth-order valence-electron chi connectivity index (χ4n) is 1.05. The van der Waals surface area contributed by atoms with Crippen molar-refractivity contribution >= 4 is 6.29 Å². The Balaban J connectivity index is 2.65. The van der Waals surface area contributed by atoms with Crippen LogP contribution in [0.5, 0.6) is 0 Å². The first-order chi connectivity index (χ1) is 6.36. The van der Waals surface area contributed by atoms with Crippen molar-refractivity contribution in [3.8, 4) is 0 Å². The summed E-state index contributed by atoms with van der Waals surface area (Å²) in [5.41, 5.74) is 9.71. The fraction of sp³-hybridized carbons (Fsp3) is 0.222. The second-order valence-electron chi connectivity index (χ2n) is 2.57. The van der Waals surface area contributed by atoms with Crippen LogP contribution in [0.3, 0.4) is 0 Å². The number of aldehydes is 1. The van der Waals surface area contributed by atoms with Crippen LogP contribution in [-0.2, 0) is 6.42 Å². The lowest BCUT2D eigenvalue weighted by molar-refractivity contribution is 0.112. The topological polar surface area (TPSA) is 65.8 Å². The molecule has 1 rings (SSSR count). The van der Waals surface area contributed by atoms with E-state index in [1.54, 1.807) is 12.1 Å². The average Bonchev–Trinajstić information content (AvgIpc) is 2.19. The molecule has 0 bridgehead atoms. The van der Waals surface area contributed by atoms with Crippen molar-refractivity contribution in [3.05, 3.63) is 45.8 Å². The highest BCUT2D eigenvalue weighted by Crippen LogP contribution is 2.03. The minimum absolute atomic E-state index is 0.429. The molecule has 0 spiro atoms. The van der Waals surface area contributed by atoms with E-state index in [1.807, 2.05) is 12.1 Å². The smallest absolute Gasteiger partial charge is 0.150 e. The molecule has 0 saturated carbocycles. The van der Waals surface area contributed by atoms with Crippen molar-refractivity contribution < 1.29 is 4.79 Å². The molecule has 4 nitrogen and oxygen atoms in total. The molecule has 66 valence electrons. The van der Waals surface area contributed by atoms with Gasteiger partial charge in [0.05, 0.1) is 0 Å². The Morgan fingerprint density at radius 2 is 2.38 bits per heavy atom. The number of nitrogens with zero attached hydrogens (tertiary/aromatic N) is 3. The maximum Gasteiger partial charge on any atom is 0.150 e. The highest BCUT2D eigenvalue weighted by molar-refractivity contribution is 5.74. The van der Waals surface area contributed by atoms with Gasteiger partial charge in [0.2, 0.25) is 0 Å². The Bertz CT molecular complexity index is 342. The molecule has 0 aliphatic carbocycles. The molecule has 0 aromatic heterocycles. The van der Waals surface area contributed by atoms with E-state index in [1.165, 1.54) is 0 Å². The molecule has 0 unspecified atom stereocenters. The lowest BCUT2D eigenvalue weighted by Crippen LogP contribution is -1.89. The van der Waals surface area contributed by atoms with Gasteiger partial charge in [-0.3, -0.25) is 4.79 Å². The summed E-state index contributed by atoms with van der Waals surface area (Å²) in [4.78, 5) is 13.1. The largest absolute Gasteiger partial charge is 0.298 e. The molecule has 0 atom stereocenters. The lowest BCUT2D eigenvalue weighted by Gasteiger charge is -1.97. The van der Waals surface area contributed by atoms with Gasteiger partial charge in [0.15, 0.2) is 0 Å². The third kappa shape index (κ3) is 2.97. The maximum absolute atomic E-state index is 10.4. The quantitative estimate of drug-likeness (QED) is 0.300. The van der Waals surface area contributed by atoms with E-state index >= 15 is 0 Å². The number of hydrogen-bond donors (Lipinski definition) is 0. The first-order valence-electron chi connectivity index (χ1n) is 3.92. The number of hydrogen-bond acceptors (Lipinski definition) is 2. The zero-order chi connectivity index (χ0) is 9.52. The molecule has 1 aromatic carbocycles. The Hall–Kier alpha value is -1.80. The van der Waals surface area contributed by atoms with Crippen LogP contribution in [0, 0.1) is 0 Å². The Morgan fingerprint density at radius 3 is 3.08 bits per heavy atom. The molecule has 13 heavy (non-hydrogen) atoms. The van der Waals surface area contributed by atoms with Crippen molar-refractivity contribution in [1.29, 1.82) is 0 Å². The monoisotopic (exact) mass is 175 g/mol. The van der Waals surface area contributed by atoms with E-state index in [9.17, 15) is 4.79 Å². The van der Waals surface area contributed by atoms with Crippen molar-refractivity contribution in [2.24, 2.45) is 5.11 Å². The SMILES string of the molecule is [N-]=[N+]=NCCc1cccc(C=O)c1. The van der Waals surface area contributed by atoms with Crippen LogP contribution in [0.2, 0.25) is 0 Å². The number of carbonyl (C=O) groups excluding carboxylic acids is 1. The molecule has 0 radical (unpaired) electrons. The highest BCUT2D eigenvalue weighted by atomic mass is 16.1. The molecular weight excluding hydrogens is 166 g/mol. The second-order valence-corrected chi connectivity index (χ2v) is 2.57.